The zero-order valence-electron chi connectivity index (χ0n) is 7.53. The predicted octanol–water partition coefficient (Wildman–Crippen LogP) is 1.15. The molecule has 1 aromatic heterocycles. The Morgan fingerprint density at radius 1 is 1.57 bits per heavy atom. The zero-order valence-corrected chi connectivity index (χ0v) is 9.16. The quantitative estimate of drug-likeness (QED) is 0.600. The molecule has 0 aliphatic carbocycles. The first-order chi connectivity index (χ1) is 6.56. The predicted molar refractivity (Wildman–Crippen MR) is 55.9 cm³/mol. The molecule has 0 saturated carbocycles. The van der Waals surface area contributed by atoms with Crippen molar-refractivity contribution in [1.29, 1.82) is 0 Å². The second-order valence-corrected chi connectivity index (χ2v) is 4.79. The first kappa shape index (κ1) is 11.1. The highest BCUT2D eigenvalue weighted by Crippen LogP contribution is 2.29. The van der Waals surface area contributed by atoms with Crippen LogP contribution < -0.4 is 5.69 Å². The average molecular weight is 232 g/mol. The van der Waals surface area contributed by atoms with E-state index in [4.69, 9.17) is 5.11 Å². The van der Waals surface area contributed by atoms with Gasteiger partial charge in [0.2, 0.25) is 0 Å². The molecule has 0 fully saturated rings. The number of carbonyl (C=O) groups is 1. The number of aromatic carboxylic acids is 1. The molecule has 0 aliphatic heterocycles. The summed E-state index contributed by atoms with van der Waals surface area (Å²) in [4.78, 5) is 27.8. The highest BCUT2D eigenvalue weighted by molar-refractivity contribution is 8.76. The number of aryl methyl sites for hydroxylation is 1. The van der Waals surface area contributed by atoms with Gasteiger partial charge in [-0.3, -0.25) is 0 Å². The molecule has 76 valence electrons. The summed E-state index contributed by atoms with van der Waals surface area (Å²) < 4.78 is 0. The minimum absolute atomic E-state index is 0.0592. The van der Waals surface area contributed by atoms with Gasteiger partial charge in [0.1, 0.15) is 10.6 Å². The molecule has 0 unspecified atom stereocenters. The molecule has 0 atom stereocenters. The van der Waals surface area contributed by atoms with E-state index < -0.39 is 11.7 Å². The summed E-state index contributed by atoms with van der Waals surface area (Å²) in [7, 11) is 2.51. The van der Waals surface area contributed by atoms with Crippen molar-refractivity contribution in [2.45, 2.75) is 11.9 Å². The van der Waals surface area contributed by atoms with Gasteiger partial charge in [-0.15, -0.1) is 0 Å². The van der Waals surface area contributed by atoms with Gasteiger partial charge in [0.25, 0.3) is 0 Å². The summed E-state index contributed by atoms with van der Waals surface area (Å²) in [6, 6.07) is 0. The molecule has 0 bridgehead atoms. The second-order valence-electron chi connectivity index (χ2n) is 2.40. The van der Waals surface area contributed by atoms with E-state index in [0.29, 0.717) is 5.69 Å². The first-order valence-corrected chi connectivity index (χ1v) is 6.17. The minimum atomic E-state index is -1.08. The smallest absolute Gasteiger partial charge is 0.346 e. The largest absolute Gasteiger partial charge is 0.478 e. The van der Waals surface area contributed by atoms with Crippen LogP contribution in [0.1, 0.15) is 16.1 Å². The number of hydrogen-bond donors (Lipinski definition) is 2. The highest BCUT2D eigenvalue weighted by Gasteiger charge is 2.16. The van der Waals surface area contributed by atoms with Gasteiger partial charge in [0.15, 0.2) is 0 Å². The molecule has 0 spiro atoms. The summed E-state index contributed by atoms with van der Waals surface area (Å²) in [6.45, 7) is 1.54. The standard InChI is InChI=1S/C7H8N2O3S2/c1-3-4(6(10)11)5(14-13-2)9-7(12)8-3/h1-2H3,(H,10,11)(H,8,9,12). The Kier molecular flexibility index (Phi) is 3.59. The fraction of sp³-hybridized carbons (Fsp3) is 0.286. The van der Waals surface area contributed by atoms with E-state index in [-0.39, 0.29) is 10.6 Å². The van der Waals surface area contributed by atoms with Crippen LogP contribution in [-0.2, 0) is 0 Å². The Bertz CT molecular complexity index is 416. The third kappa shape index (κ3) is 2.30. The number of nitrogens with zero attached hydrogens (tertiary/aromatic N) is 1. The lowest BCUT2D eigenvalue weighted by atomic mass is 10.2. The van der Waals surface area contributed by atoms with Gasteiger partial charge < -0.3 is 10.1 Å². The van der Waals surface area contributed by atoms with Crippen LogP contribution in [0.4, 0.5) is 0 Å². The van der Waals surface area contributed by atoms with Gasteiger partial charge in [-0.25, -0.2) is 9.59 Å². The number of aromatic nitrogens is 2. The SMILES string of the molecule is CSSc1nc(=O)[nH]c(C)c1C(=O)O. The van der Waals surface area contributed by atoms with Crippen LogP contribution in [-0.4, -0.2) is 27.3 Å². The van der Waals surface area contributed by atoms with E-state index >= 15 is 0 Å². The molecule has 0 radical (unpaired) electrons. The number of carboxylic acids is 1. The van der Waals surface area contributed by atoms with Crippen molar-refractivity contribution in [1.82, 2.24) is 9.97 Å². The molecule has 0 amide bonds. The Balaban J connectivity index is 3.36. The van der Waals surface area contributed by atoms with Crippen molar-refractivity contribution in [3.8, 4) is 0 Å². The second kappa shape index (κ2) is 4.52. The number of nitrogens with one attached hydrogen (secondary N) is 1. The van der Waals surface area contributed by atoms with Crippen LogP contribution in [0.3, 0.4) is 0 Å². The molecular formula is C7H8N2O3S2. The molecule has 1 rings (SSSR count). The van der Waals surface area contributed by atoms with Crippen molar-refractivity contribution in [2.75, 3.05) is 6.26 Å². The first-order valence-electron chi connectivity index (χ1n) is 3.61. The maximum absolute atomic E-state index is 11.0. The van der Waals surface area contributed by atoms with Gasteiger partial charge in [-0.2, -0.15) is 4.98 Å². The summed E-state index contributed by atoms with van der Waals surface area (Å²) >= 11 is 0. The molecule has 14 heavy (non-hydrogen) atoms. The molecular weight excluding hydrogens is 224 g/mol. The summed E-state index contributed by atoms with van der Waals surface area (Å²) in [6.07, 6.45) is 1.79. The Morgan fingerprint density at radius 3 is 2.71 bits per heavy atom. The third-order valence-corrected chi connectivity index (χ3v) is 3.06. The Morgan fingerprint density at radius 2 is 2.21 bits per heavy atom. The molecule has 1 aromatic rings. The topological polar surface area (TPSA) is 83.0 Å². The van der Waals surface area contributed by atoms with Gasteiger partial charge in [0, 0.05) is 5.69 Å². The lowest BCUT2D eigenvalue weighted by Gasteiger charge is -2.04. The maximum atomic E-state index is 11.0. The van der Waals surface area contributed by atoms with E-state index in [0.717, 1.165) is 10.8 Å². The number of aromatic amines is 1. The number of hydrogen-bond acceptors (Lipinski definition) is 5. The van der Waals surface area contributed by atoms with Crippen molar-refractivity contribution >= 4 is 27.6 Å². The van der Waals surface area contributed by atoms with Crippen LogP contribution >= 0.6 is 21.6 Å². The molecule has 2 N–H and O–H groups in total. The monoisotopic (exact) mass is 232 g/mol. The van der Waals surface area contributed by atoms with Gasteiger partial charge in [-0.05, 0) is 24.0 Å². The summed E-state index contributed by atoms with van der Waals surface area (Å²) in [5.74, 6) is -1.08. The number of H-pyrrole nitrogens is 1. The van der Waals surface area contributed by atoms with E-state index in [1.807, 2.05) is 0 Å². The molecule has 0 saturated heterocycles. The molecule has 5 nitrogen and oxygen atoms in total. The molecule has 7 heteroatoms. The van der Waals surface area contributed by atoms with E-state index in [1.165, 1.54) is 17.7 Å². The molecule has 0 aliphatic rings. The van der Waals surface area contributed by atoms with E-state index in [1.54, 1.807) is 6.26 Å². The van der Waals surface area contributed by atoms with Crippen LogP contribution in [0.15, 0.2) is 9.82 Å². The average Bonchev–Trinajstić information content (AvgIpc) is 2.01. The summed E-state index contributed by atoms with van der Waals surface area (Å²) in [5, 5.41) is 9.12. The zero-order chi connectivity index (χ0) is 10.7. The van der Waals surface area contributed by atoms with Crippen molar-refractivity contribution < 1.29 is 9.90 Å². The normalized spacial score (nSPS) is 10.1. The molecule has 1 heterocycles. The van der Waals surface area contributed by atoms with E-state index in [9.17, 15) is 9.59 Å². The van der Waals surface area contributed by atoms with Crippen LogP contribution in [0.25, 0.3) is 0 Å². The highest BCUT2D eigenvalue weighted by atomic mass is 33.1. The van der Waals surface area contributed by atoms with Gasteiger partial charge in [-0.1, -0.05) is 10.8 Å². The number of rotatable bonds is 3. The van der Waals surface area contributed by atoms with Gasteiger partial charge >= 0.3 is 11.7 Å². The summed E-state index contributed by atoms with van der Waals surface area (Å²) in [5.41, 5.74) is -0.137. The Labute approximate surface area is 87.7 Å². The lowest BCUT2D eigenvalue weighted by molar-refractivity contribution is 0.0690. The number of carboxylic acid groups (broad SMARTS) is 1. The molecule has 0 aromatic carbocycles. The van der Waals surface area contributed by atoms with Crippen molar-refractivity contribution in [3.63, 3.8) is 0 Å². The van der Waals surface area contributed by atoms with E-state index in [2.05, 4.69) is 9.97 Å². The lowest BCUT2D eigenvalue weighted by Crippen LogP contribution is -2.17. The van der Waals surface area contributed by atoms with Crippen LogP contribution in [0.5, 0.6) is 0 Å². The fourth-order valence-electron chi connectivity index (χ4n) is 0.950. The fourth-order valence-corrected chi connectivity index (χ4v) is 2.39. The minimum Gasteiger partial charge on any atom is -0.478 e. The van der Waals surface area contributed by atoms with Gasteiger partial charge in [0.05, 0.1) is 0 Å². The Hall–Kier alpha value is -0.950. The van der Waals surface area contributed by atoms with Crippen LogP contribution in [0, 0.1) is 6.92 Å². The van der Waals surface area contributed by atoms with Crippen molar-refractivity contribution in [3.05, 3.63) is 21.7 Å². The van der Waals surface area contributed by atoms with Crippen LogP contribution in [0.2, 0.25) is 0 Å². The maximum Gasteiger partial charge on any atom is 0.346 e. The third-order valence-electron chi connectivity index (χ3n) is 1.46. The van der Waals surface area contributed by atoms with Crippen molar-refractivity contribution in [2.24, 2.45) is 0 Å².